The highest BCUT2D eigenvalue weighted by Gasteiger charge is 2.30. The topological polar surface area (TPSA) is 92.3 Å². The third-order valence-corrected chi connectivity index (χ3v) is 5.59. The molecule has 0 unspecified atom stereocenters. The number of carbonyl (C=O) groups excluding carboxylic acids is 2. The van der Waals surface area contributed by atoms with Gasteiger partial charge in [-0.2, -0.15) is 0 Å². The van der Waals surface area contributed by atoms with Gasteiger partial charge in [0.2, 0.25) is 5.91 Å². The number of rotatable bonds is 4. The highest BCUT2D eigenvalue weighted by molar-refractivity contribution is 7.21. The minimum Gasteiger partial charge on any atom is -0.380 e. The molecule has 28 heavy (non-hydrogen) atoms. The Morgan fingerprint density at radius 1 is 1.29 bits per heavy atom. The van der Waals surface area contributed by atoms with E-state index < -0.39 is 0 Å². The van der Waals surface area contributed by atoms with Crippen LogP contribution in [0, 0.1) is 6.92 Å². The number of ether oxygens (including phenoxy) is 1. The lowest BCUT2D eigenvalue weighted by Crippen LogP contribution is -2.37. The van der Waals surface area contributed by atoms with E-state index >= 15 is 0 Å². The van der Waals surface area contributed by atoms with E-state index in [9.17, 15) is 9.59 Å². The normalized spacial score (nSPS) is 15.7. The maximum absolute atomic E-state index is 12.7. The van der Waals surface area contributed by atoms with Crippen LogP contribution in [0.1, 0.15) is 39.6 Å². The number of hydrogen-bond donors (Lipinski definition) is 3. The Labute approximate surface area is 166 Å². The highest BCUT2D eigenvalue weighted by atomic mass is 32.1. The molecule has 7 nitrogen and oxygen atoms in total. The maximum Gasteiger partial charge on any atom is 0.265 e. The number of nitrogens with zero attached hydrogens (tertiary/aromatic N) is 1. The van der Waals surface area contributed by atoms with Crippen LogP contribution in [0.5, 0.6) is 0 Å². The van der Waals surface area contributed by atoms with Crippen LogP contribution in [0.4, 0.5) is 11.4 Å². The standard InChI is InChI=1S/C20H20N4O3S/c1-10-8-13(9-27-3)15-16-17(28-20(15)21-10)19(26)24-18(23-16)12-4-6-14(7-5-12)22-11(2)25/h4-8,18,23H,9H2,1-3H3,(H,22,25)(H,24,26)/t18-/m1/s1. The maximum atomic E-state index is 12.7. The Hall–Kier alpha value is -2.97. The number of benzene rings is 1. The summed E-state index contributed by atoms with van der Waals surface area (Å²) in [6, 6.07) is 9.37. The summed E-state index contributed by atoms with van der Waals surface area (Å²) in [6.45, 7) is 3.85. The SMILES string of the molecule is COCc1cc(C)nc2sc3c(c12)N[C@@H](c1ccc(NC(C)=O)cc1)NC3=O. The van der Waals surface area contributed by atoms with Crippen molar-refractivity contribution in [2.24, 2.45) is 0 Å². The Bertz CT molecular complexity index is 1080. The van der Waals surface area contributed by atoms with E-state index in [-0.39, 0.29) is 18.0 Å². The molecule has 1 aliphatic rings. The van der Waals surface area contributed by atoms with Crippen LogP contribution in [0.25, 0.3) is 10.2 Å². The number of nitrogens with one attached hydrogen (secondary N) is 3. The van der Waals surface area contributed by atoms with Gasteiger partial charge in [-0.25, -0.2) is 4.98 Å². The van der Waals surface area contributed by atoms with E-state index in [4.69, 9.17) is 4.74 Å². The van der Waals surface area contributed by atoms with Gasteiger partial charge in [0.25, 0.3) is 5.91 Å². The molecular formula is C20H20N4O3S. The molecule has 1 aliphatic heterocycles. The third-order valence-electron chi connectivity index (χ3n) is 4.51. The number of thiophene rings is 1. The van der Waals surface area contributed by atoms with E-state index in [1.165, 1.54) is 18.3 Å². The van der Waals surface area contributed by atoms with Crippen LogP contribution in [-0.4, -0.2) is 23.9 Å². The third kappa shape index (κ3) is 3.32. The number of pyridine rings is 1. The summed E-state index contributed by atoms with van der Waals surface area (Å²) >= 11 is 1.38. The molecule has 0 radical (unpaired) electrons. The zero-order chi connectivity index (χ0) is 19.8. The van der Waals surface area contributed by atoms with Crippen molar-refractivity contribution in [1.29, 1.82) is 0 Å². The molecular weight excluding hydrogens is 376 g/mol. The average molecular weight is 396 g/mol. The van der Waals surface area contributed by atoms with Crippen molar-refractivity contribution in [2.75, 3.05) is 17.7 Å². The molecule has 3 heterocycles. The van der Waals surface area contributed by atoms with E-state index in [1.54, 1.807) is 7.11 Å². The largest absolute Gasteiger partial charge is 0.380 e. The number of fused-ring (bicyclic) bond motifs is 3. The molecule has 3 N–H and O–H groups in total. The summed E-state index contributed by atoms with van der Waals surface area (Å²) in [7, 11) is 1.65. The van der Waals surface area contributed by atoms with Gasteiger partial charge in [0.05, 0.1) is 12.3 Å². The van der Waals surface area contributed by atoms with Crippen molar-refractivity contribution in [3.8, 4) is 0 Å². The minimum atomic E-state index is -0.374. The van der Waals surface area contributed by atoms with Crippen molar-refractivity contribution in [3.05, 3.63) is 52.0 Å². The van der Waals surface area contributed by atoms with Crippen molar-refractivity contribution in [3.63, 3.8) is 0 Å². The fourth-order valence-electron chi connectivity index (χ4n) is 3.39. The zero-order valence-electron chi connectivity index (χ0n) is 15.8. The van der Waals surface area contributed by atoms with Gasteiger partial charge in [-0.05, 0) is 36.2 Å². The van der Waals surface area contributed by atoms with Gasteiger partial charge in [0, 0.05) is 30.8 Å². The lowest BCUT2D eigenvalue weighted by molar-refractivity contribution is -0.114. The number of carbonyl (C=O) groups is 2. The van der Waals surface area contributed by atoms with Crippen LogP contribution in [0.2, 0.25) is 0 Å². The number of aryl methyl sites for hydroxylation is 1. The molecule has 4 rings (SSSR count). The Morgan fingerprint density at radius 2 is 2.04 bits per heavy atom. The molecule has 0 saturated heterocycles. The Morgan fingerprint density at radius 3 is 2.71 bits per heavy atom. The van der Waals surface area contributed by atoms with E-state index in [2.05, 4.69) is 20.9 Å². The average Bonchev–Trinajstić information content (AvgIpc) is 3.01. The van der Waals surface area contributed by atoms with Gasteiger partial charge in [-0.15, -0.1) is 11.3 Å². The van der Waals surface area contributed by atoms with E-state index in [0.29, 0.717) is 17.2 Å². The summed E-state index contributed by atoms with van der Waals surface area (Å²) in [5, 5.41) is 10.1. The van der Waals surface area contributed by atoms with Gasteiger partial charge in [0.15, 0.2) is 0 Å². The summed E-state index contributed by atoms with van der Waals surface area (Å²) < 4.78 is 5.35. The Balaban J connectivity index is 1.73. The van der Waals surface area contributed by atoms with Gasteiger partial charge < -0.3 is 20.7 Å². The lowest BCUT2D eigenvalue weighted by atomic mass is 10.1. The van der Waals surface area contributed by atoms with Crippen LogP contribution >= 0.6 is 11.3 Å². The van der Waals surface area contributed by atoms with Crippen LogP contribution in [0.15, 0.2) is 30.3 Å². The molecule has 0 bridgehead atoms. The van der Waals surface area contributed by atoms with E-state index in [0.717, 1.165) is 32.7 Å². The zero-order valence-corrected chi connectivity index (χ0v) is 16.6. The summed E-state index contributed by atoms with van der Waals surface area (Å²) in [5.74, 6) is -0.256. The molecule has 144 valence electrons. The minimum absolute atomic E-state index is 0.125. The number of methoxy groups -OCH3 is 1. The lowest BCUT2D eigenvalue weighted by Gasteiger charge is -2.27. The van der Waals surface area contributed by atoms with E-state index in [1.807, 2.05) is 37.3 Å². The second-order valence-corrected chi connectivity index (χ2v) is 7.70. The predicted octanol–water partition coefficient (Wildman–Crippen LogP) is 3.56. The first kappa shape index (κ1) is 18.4. The fraction of sp³-hybridized carbons (Fsp3) is 0.250. The first-order chi connectivity index (χ1) is 13.5. The van der Waals surface area contributed by atoms with Crippen LogP contribution in [0.3, 0.4) is 0 Å². The van der Waals surface area contributed by atoms with Gasteiger partial charge in [-0.3, -0.25) is 9.59 Å². The first-order valence-corrected chi connectivity index (χ1v) is 9.65. The van der Waals surface area contributed by atoms with Crippen molar-refractivity contribution in [2.45, 2.75) is 26.6 Å². The quantitative estimate of drug-likeness (QED) is 0.627. The molecule has 0 spiro atoms. The van der Waals surface area contributed by atoms with Gasteiger partial charge in [0.1, 0.15) is 15.9 Å². The molecule has 8 heteroatoms. The van der Waals surface area contributed by atoms with Crippen molar-refractivity contribution >= 4 is 44.7 Å². The summed E-state index contributed by atoms with van der Waals surface area (Å²) in [5.41, 5.74) is 4.29. The molecule has 0 aliphatic carbocycles. The molecule has 3 aromatic rings. The first-order valence-electron chi connectivity index (χ1n) is 8.83. The monoisotopic (exact) mass is 396 g/mol. The second-order valence-electron chi connectivity index (χ2n) is 6.70. The van der Waals surface area contributed by atoms with Gasteiger partial charge in [-0.1, -0.05) is 12.1 Å². The van der Waals surface area contributed by atoms with Crippen LogP contribution in [-0.2, 0) is 16.1 Å². The molecule has 0 saturated carbocycles. The number of anilines is 2. The highest BCUT2D eigenvalue weighted by Crippen LogP contribution is 2.41. The smallest absolute Gasteiger partial charge is 0.265 e. The molecule has 2 amide bonds. The summed E-state index contributed by atoms with van der Waals surface area (Å²) in [4.78, 5) is 30.0. The van der Waals surface area contributed by atoms with Crippen molar-refractivity contribution < 1.29 is 14.3 Å². The Kier molecular flexibility index (Phi) is 4.74. The van der Waals surface area contributed by atoms with Gasteiger partial charge >= 0.3 is 0 Å². The second kappa shape index (κ2) is 7.21. The summed E-state index contributed by atoms with van der Waals surface area (Å²) in [6.07, 6.45) is -0.374. The number of hydrogen-bond acceptors (Lipinski definition) is 6. The number of amides is 2. The van der Waals surface area contributed by atoms with Crippen molar-refractivity contribution in [1.82, 2.24) is 10.3 Å². The number of aromatic nitrogens is 1. The predicted molar refractivity (Wildman–Crippen MR) is 110 cm³/mol. The fourth-order valence-corrected chi connectivity index (χ4v) is 4.52. The molecule has 1 aromatic carbocycles. The molecule has 2 aromatic heterocycles. The molecule has 0 fully saturated rings. The van der Waals surface area contributed by atoms with Crippen LogP contribution < -0.4 is 16.0 Å². The molecule has 1 atom stereocenters.